The molecule has 0 saturated heterocycles. The molecule has 0 fully saturated rings. The summed E-state index contributed by atoms with van der Waals surface area (Å²) in [5.41, 5.74) is 4.44. The van der Waals surface area contributed by atoms with Gasteiger partial charge < -0.3 is 5.32 Å². The largest absolute Gasteiger partial charge is 0.384 e. The minimum absolute atomic E-state index is 0.198. The third-order valence-corrected chi connectivity index (χ3v) is 3.33. The van der Waals surface area contributed by atoms with Crippen molar-refractivity contribution in [3.05, 3.63) is 35.3 Å². The van der Waals surface area contributed by atoms with Crippen LogP contribution in [0.5, 0.6) is 0 Å². The fourth-order valence-corrected chi connectivity index (χ4v) is 2.61. The van der Waals surface area contributed by atoms with Crippen LogP contribution in [0, 0.1) is 5.82 Å². The summed E-state index contributed by atoms with van der Waals surface area (Å²) in [6, 6.07) is 4.83. The molecule has 3 heteroatoms. The summed E-state index contributed by atoms with van der Waals surface area (Å²) in [6.07, 6.45) is 3.25. The molecule has 0 spiro atoms. The van der Waals surface area contributed by atoms with Crippen molar-refractivity contribution >= 4 is 16.6 Å². The number of nitrogens with one attached hydrogen (secondary N) is 1. The summed E-state index contributed by atoms with van der Waals surface area (Å²) < 4.78 is 13.4. The van der Waals surface area contributed by atoms with Crippen molar-refractivity contribution in [3.8, 4) is 0 Å². The van der Waals surface area contributed by atoms with Crippen LogP contribution < -0.4 is 5.32 Å². The Hall–Kier alpha value is -1.64. The van der Waals surface area contributed by atoms with E-state index in [1.165, 1.54) is 17.3 Å². The van der Waals surface area contributed by atoms with Gasteiger partial charge in [0.2, 0.25) is 0 Å². The second-order valence-corrected chi connectivity index (χ2v) is 4.46. The van der Waals surface area contributed by atoms with E-state index in [2.05, 4.69) is 17.2 Å². The van der Waals surface area contributed by atoms with Gasteiger partial charge in [0.1, 0.15) is 5.82 Å². The van der Waals surface area contributed by atoms with Crippen LogP contribution in [-0.2, 0) is 12.8 Å². The van der Waals surface area contributed by atoms with Crippen molar-refractivity contribution in [2.45, 2.75) is 26.2 Å². The number of hydrogen-bond acceptors (Lipinski definition) is 2. The van der Waals surface area contributed by atoms with Gasteiger partial charge in [0.25, 0.3) is 0 Å². The number of halogens is 1. The average Bonchev–Trinajstić information content (AvgIpc) is 2.77. The van der Waals surface area contributed by atoms with Crippen LogP contribution in [0.25, 0.3) is 10.9 Å². The molecule has 0 radical (unpaired) electrons. The van der Waals surface area contributed by atoms with Gasteiger partial charge in [-0.1, -0.05) is 0 Å². The van der Waals surface area contributed by atoms with Crippen LogP contribution in [-0.4, -0.2) is 11.5 Å². The lowest BCUT2D eigenvalue weighted by Crippen LogP contribution is -2.03. The smallest absolute Gasteiger partial charge is 0.124 e. The first kappa shape index (κ1) is 10.5. The highest BCUT2D eigenvalue weighted by Gasteiger charge is 2.19. The molecule has 0 atom stereocenters. The van der Waals surface area contributed by atoms with E-state index in [9.17, 15) is 4.39 Å². The molecule has 2 nitrogen and oxygen atoms in total. The number of fused-ring (bicyclic) bond motifs is 2. The maximum Gasteiger partial charge on any atom is 0.124 e. The molecule has 1 aliphatic rings. The second-order valence-electron chi connectivity index (χ2n) is 4.46. The van der Waals surface area contributed by atoms with E-state index in [1.807, 2.05) is 0 Å². The van der Waals surface area contributed by atoms with Crippen molar-refractivity contribution in [3.63, 3.8) is 0 Å². The number of aryl methyl sites for hydroxylation is 1. The first-order valence-corrected chi connectivity index (χ1v) is 6.14. The number of anilines is 1. The highest BCUT2D eigenvalue weighted by atomic mass is 19.1. The van der Waals surface area contributed by atoms with Crippen LogP contribution in [0.15, 0.2) is 18.2 Å². The van der Waals surface area contributed by atoms with E-state index < -0.39 is 0 Å². The molecular weight excluding hydrogens is 215 g/mol. The van der Waals surface area contributed by atoms with Crippen molar-refractivity contribution in [1.82, 2.24) is 4.98 Å². The van der Waals surface area contributed by atoms with E-state index in [0.717, 1.165) is 42.4 Å². The molecule has 0 bridgehead atoms. The molecule has 88 valence electrons. The van der Waals surface area contributed by atoms with Gasteiger partial charge in [0.05, 0.1) is 5.52 Å². The second kappa shape index (κ2) is 3.99. The van der Waals surface area contributed by atoms with Crippen LogP contribution in [0.3, 0.4) is 0 Å². The van der Waals surface area contributed by atoms with Crippen molar-refractivity contribution in [1.29, 1.82) is 0 Å². The van der Waals surface area contributed by atoms with Gasteiger partial charge in [-0.25, -0.2) is 4.39 Å². The summed E-state index contributed by atoms with van der Waals surface area (Å²) in [5, 5.41) is 4.28. The van der Waals surface area contributed by atoms with E-state index in [0.29, 0.717) is 0 Å². The van der Waals surface area contributed by atoms with E-state index in [4.69, 9.17) is 0 Å². The number of benzene rings is 1. The first-order valence-electron chi connectivity index (χ1n) is 6.14. The van der Waals surface area contributed by atoms with Gasteiger partial charge >= 0.3 is 0 Å². The predicted molar refractivity (Wildman–Crippen MR) is 67.9 cm³/mol. The first-order chi connectivity index (χ1) is 8.29. The molecule has 1 heterocycles. The topological polar surface area (TPSA) is 24.9 Å². The van der Waals surface area contributed by atoms with Gasteiger partial charge in [-0.2, -0.15) is 0 Å². The zero-order valence-electron chi connectivity index (χ0n) is 9.89. The highest BCUT2D eigenvalue weighted by Crippen LogP contribution is 2.34. The van der Waals surface area contributed by atoms with Gasteiger partial charge in [-0.05, 0) is 49.9 Å². The molecule has 1 N–H and O–H groups in total. The number of aromatic nitrogens is 1. The maximum absolute atomic E-state index is 13.4. The molecule has 1 aromatic carbocycles. The van der Waals surface area contributed by atoms with Gasteiger partial charge in [-0.15, -0.1) is 0 Å². The molecule has 1 aliphatic carbocycles. The van der Waals surface area contributed by atoms with Crippen LogP contribution >= 0.6 is 0 Å². The predicted octanol–water partition coefficient (Wildman–Crippen LogP) is 3.29. The summed E-state index contributed by atoms with van der Waals surface area (Å²) in [7, 11) is 0. The Labute approximate surface area is 99.9 Å². The molecule has 0 saturated carbocycles. The zero-order chi connectivity index (χ0) is 11.8. The lowest BCUT2D eigenvalue weighted by atomic mass is 10.1. The number of rotatable bonds is 2. The van der Waals surface area contributed by atoms with Crippen molar-refractivity contribution in [2.24, 2.45) is 0 Å². The third kappa shape index (κ3) is 1.66. The third-order valence-electron chi connectivity index (χ3n) is 3.33. The number of nitrogens with zero attached hydrogens (tertiary/aromatic N) is 1. The zero-order valence-corrected chi connectivity index (χ0v) is 9.89. The van der Waals surface area contributed by atoms with Crippen LogP contribution in [0.4, 0.5) is 10.1 Å². The molecule has 2 aromatic rings. The minimum Gasteiger partial charge on any atom is -0.384 e. The normalized spacial score (nSPS) is 14.0. The van der Waals surface area contributed by atoms with Gasteiger partial charge in [0.15, 0.2) is 0 Å². The number of pyridine rings is 1. The Balaban J connectivity index is 2.32. The summed E-state index contributed by atoms with van der Waals surface area (Å²) in [5.74, 6) is -0.198. The molecule has 0 unspecified atom stereocenters. The Kier molecular flexibility index (Phi) is 2.46. The summed E-state index contributed by atoms with van der Waals surface area (Å²) in [6.45, 7) is 2.91. The van der Waals surface area contributed by atoms with Crippen molar-refractivity contribution in [2.75, 3.05) is 11.9 Å². The summed E-state index contributed by atoms with van der Waals surface area (Å²) >= 11 is 0. The van der Waals surface area contributed by atoms with E-state index in [-0.39, 0.29) is 5.82 Å². The van der Waals surface area contributed by atoms with E-state index >= 15 is 0 Å². The summed E-state index contributed by atoms with van der Waals surface area (Å²) in [4.78, 5) is 4.63. The minimum atomic E-state index is -0.198. The maximum atomic E-state index is 13.4. The molecule has 0 aliphatic heterocycles. The molecular formula is C14H15FN2. The Morgan fingerprint density at radius 3 is 3.06 bits per heavy atom. The lowest BCUT2D eigenvalue weighted by molar-refractivity contribution is 0.629. The molecule has 3 rings (SSSR count). The molecule has 17 heavy (non-hydrogen) atoms. The quantitative estimate of drug-likeness (QED) is 0.856. The molecule has 0 amide bonds. The average molecular weight is 230 g/mol. The van der Waals surface area contributed by atoms with Crippen molar-refractivity contribution < 1.29 is 4.39 Å². The fraction of sp³-hybridized carbons (Fsp3) is 0.357. The number of hydrogen-bond donors (Lipinski definition) is 1. The monoisotopic (exact) mass is 230 g/mol. The van der Waals surface area contributed by atoms with Gasteiger partial charge in [-0.3, -0.25) is 4.98 Å². The van der Waals surface area contributed by atoms with Crippen LogP contribution in [0.1, 0.15) is 24.6 Å². The highest BCUT2D eigenvalue weighted by molar-refractivity contribution is 5.93. The standard InChI is InChI=1S/C14H15FN2/c1-2-16-14-10-4-3-5-12(10)17-13-7-6-9(15)8-11(13)14/h6-8H,2-5H2,1H3,(H,16,17). The lowest BCUT2D eigenvalue weighted by Gasteiger charge is -2.13. The fourth-order valence-electron chi connectivity index (χ4n) is 2.61. The van der Waals surface area contributed by atoms with Crippen LogP contribution in [0.2, 0.25) is 0 Å². The Morgan fingerprint density at radius 2 is 2.24 bits per heavy atom. The Bertz CT molecular complexity index is 578. The molecule has 1 aromatic heterocycles. The SMILES string of the molecule is CCNc1c2c(nc3ccc(F)cc13)CCC2. The van der Waals surface area contributed by atoms with E-state index in [1.54, 1.807) is 12.1 Å². The Morgan fingerprint density at radius 1 is 1.35 bits per heavy atom. The van der Waals surface area contributed by atoms with Gasteiger partial charge in [0, 0.05) is 23.3 Å².